The number of aliphatic hydroxyl groups excluding tert-OH is 1. The molecular formula is C13H13N3O3. The van der Waals surface area contributed by atoms with E-state index in [1.54, 1.807) is 6.08 Å². The van der Waals surface area contributed by atoms with Crippen molar-refractivity contribution in [3.63, 3.8) is 0 Å². The summed E-state index contributed by atoms with van der Waals surface area (Å²) in [5.41, 5.74) is 0.976. The van der Waals surface area contributed by atoms with Crippen LogP contribution in [0.15, 0.2) is 36.5 Å². The minimum absolute atomic E-state index is 0.123. The number of nitrogens with zero attached hydrogens (tertiary/aromatic N) is 3. The van der Waals surface area contributed by atoms with Crippen molar-refractivity contribution in [2.75, 3.05) is 6.61 Å². The molecule has 0 saturated carbocycles. The van der Waals surface area contributed by atoms with Gasteiger partial charge in [0.2, 0.25) is 5.82 Å². The summed E-state index contributed by atoms with van der Waals surface area (Å²) >= 11 is 0. The van der Waals surface area contributed by atoms with Crippen LogP contribution in [-0.2, 0) is 6.54 Å². The lowest BCUT2D eigenvalue weighted by atomic mass is 10.2. The molecule has 0 aliphatic rings. The van der Waals surface area contributed by atoms with Crippen LogP contribution >= 0.6 is 0 Å². The van der Waals surface area contributed by atoms with Crippen LogP contribution in [0.1, 0.15) is 11.4 Å². The average molecular weight is 259 g/mol. The van der Waals surface area contributed by atoms with Gasteiger partial charge >= 0.3 is 5.82 Å². The third kappa shape index (κ3) is 3.05. The van der Waals surface area contributed by atoms with Crippen molar-refractivity contribution in [1.82, 2.24) is 9.55 Å². The summed E-state index contributed by atoms with van der Waals surface area (Å²) in [4.78, 5) is 14.3. The molecule has 0 bridgehead atoms. The predicted octanol–water partition coefficient (Wildman–Crippen LogP) is 1.95. The van der Waals surface area contributed by atoms with E-state index in [0.29, 0.717) is 5.82 Å². The fraction of sp³-hybridized carbons (Fsp3) is 0.154. The normalized spacial score (nSPS) is 11.0. The van der Waals surface area contributed by atoms with Crippen molar-refractivity contribution in [2.24, 2.45) is 0 Å². The first-order valence-electron chi connectivity index (χ1n) is 5.76. The van der Waals surface area contributed by atoms with Crippen molar-refractivity contribution in [1.29, 1.82) is 0 Å². The molecule has 98 valence electrons. The Hall–Kier alpha value is -2.47. The zero-order chi connectivity index (χ0) is 13.7. The predicted molar refractivity (Wildman–Crippen MR) is 71.3 cm³/mol. The molecule has 1 aromatic heterocycles. The molecule has 0 unspecified atom stereocenters. The first kappa shape index (κ1) is 13.0. The molecular weight excluding hydrogens is 246 g/mol. The quantitative estimate of drug-likeness (QED) is 0.657. The van der Waals surface area contributed by atoms with Crippen LogP contribution in [0, 0.1) is 10.1 Å². The number of hydrogen-bond donors (Lipinski definition) is 1. The maximum absolute atomic E-state index is 10.8. The van der Waals surface area contributed by atoms with E-state index in [4.69, 9.17) is 5.11 Å². The Morgan fingerprint density at radius 2 is 2.05 bits per heavy atom. The molecule has 0 radical (unpaired) electrons. The molecule has 6 heteroatoms. The number of imidazole rings is 1. The topological polar surface area (TPSA) is 81.2 Å². The number of hydrogen-bond acceptors (Lipinski definition) is 4. The monoisotopic (exact) mass is 259 g/mol. The lowest BCUT2D eigenvalue weighted by Gasteiger charge is -2.00. The second-order valence-electron chi connectivity index (χ2n) is 3.85. The van der Waals surface area contributed by atoms with Crippen molar-refractivity contribution >= 4 is 18.0 Å². The first-order valence-corrected chi connectivity index (χ1v) is 5.76. The van der Waals surface area contributed by atoms with Crippen LogP contribution in [0.2, 0.25) is 0 Å². The third-order valence-electron chi connectivity index (χ3n) is 2.60. The zero-order valence-electron chi connectivity index (χ0n) is 10.1. The van der Waals surface area contributed by atoms with Crippen molar-refractivity contribution in [3.05, 3.63) is 58.0 Å². The molecule has 2 aromatic rings. The number of nitro groups is 1. The molecule has 0 saturated heterocycles. The maximum Gasteiger partial charge on any atom is 0.343 e. The molecule has 0 aliphatic carbocycles. The van der Waals surface area contributed by atoms with Gasteiger partial charge in [-0.1, -0.05) is 30.3 Å². The summed E-state index contributed by atoms with van der Waals surface area (Å²) in [6.07, 6.45) is 4.71. The van der Waals surface area contributed by atoms with Gasteiger partial charge in [-0.05, 0) is 16.6 Å². The van der Waals surface area contributed by atoms with Crippen LogP contribution in [0.3, 0.4) is 0 Å². The van der Waals surface area contributed by atoms with Crippen molar-refractivity contribution < 1.29 is 10.0 Å². The molecule has 1 aromatic carbocycles. The average Bonchev–Trinajstić information content (AvgIpc) is 2.81. The van der Waals surface area contributed by atoms with Crippen LogP contribution in [0.25, 0.3) is 12.2 Å². The summed E-state index contributed by atoms with van der Waals surface area (Å²) in [6.45, 7) is -0.0336. The third-order valence-corrected chi connectivity index (χ3v) is 2.60. The van der Waals surface area contributed by atoms with Gasteiger partial charge in [-0.15, -0.1) is 0 Å². The largest absolute Gasteiger partial charge is 0.392 e. The maximum atomic E-state index is 10.8. The molecule has 1 heterocycles. The summed E-state index contributed by atoms with van der Waals surface area (Å²) in [5, 5.41) is 19.8. The molecule has 0 fully saturated rings. The van der Waals surface area contributed by atoms with Crippen LogP contribution in [0.4, 0.5) is 5.82 Å². The van der Waals surface area contributed by atoms with Gasteiger partial charge in [0.05, 0.1) is 6.61 Å². The zero-order valence-corrected chi connectivity index (χ0v) is 10.1. The van der Waals surface area contributed by atoms with E-state index in [9.17, 15) is 10.1 Å². The lowest BCUT2D eigenvalue weighted by Crippen LogP contribution is -2.07. The molecule has 19 heavy (non-hydrogen) atoms. The highest BCUT2D eigenvalue weighted by atomic mass is 16.6. The second-order valence-corrected chi connectivity index (χ2v) is 3.85. The van der Waals surface area contributed by atoms with Crippen molar-refractivity contribution in [3.8, 4) is 0 Å². The van der Waals surface area contributed by atoms with Crippen molar-refractivity contribution in [2.45, 2.75) is 6.54 Å². The molecule has 1 N–H and O–H groups in total. The summed E-state index contributed by atoms with van der Waals surface area (Å²) < 4.78 is 1.37. The van der Waals surface area contributed by atoms with Crippen LogP contribution in [-0.4, -0.2) is 26.2 Å². The van der Waals surface area contributed by atoms with Gasteiger partial charge in [0.25, 0.3) is 0 Å². The highest BCUT2D eigenvalue weighted by molar-refractivity contribution is 5.67. The fourth-order valence-corrected chi connectivity index (χ4v) is 1.72. The Morgan fingerprint density at radius 1 is 1.32 bits per heavy atom. The Labute approximate surface area is 109 Å². The number of aromatic nitrogens is 2. The SMILES string of the molecule is O=[N+]([O-])c1cnc(C=Cc2ccccc2)n1CCO. The van der Waals surface area contributed by atoms with E-state index in [1.165, 1.54) is 10.8 Å². The van der Waals surface area contributed by atoms with Gasteiger partial charge in [-0.2, -0.15) is 0 Å². The molecule has 0 atom stereocenters. The summed E-state index contributed by atoms with van der Waals surface area (Å²) in [6, 6.07) is 9.56. The van der Waals surface area contributed by atoms with Gasteiger partial charge in [-0.3, -0.25) is 0 Å². The highest BCUT2D eigenvalue weighted by Crippen LogP contribution is 2.16. The Bertz CT molecular complexity index is 590. The number of benzene rings is 1. The number of rotatable bonds is 5. The molecule has 2 rings (SSSR count). The Balaban J connectivity index is 2.30. The van der Waals surface area contributed by atoms with E-state index in [1.807, 2.05) is 36.4 Å². The summed E-state index contributed by atoms with van der Waals surface area (Å²) in [5.74, 6) is 0.325. The number of aliphatic hydroxyl groups is 1. The van der Waals surface area contributed by atoms with Gasteiger partial charge < -0.3 is 15.2 Å². The van der Waals surface area contributed by atoms with Gasteiger partial charge in [0.1, 0.15) is 12.7 Å². The van der Waals surface area contributed by atoms with E-state index in [-0.39, 0.29) is 19.0 Å². The highest BCUT2D eigenvalue weighted by Gasteiger charge is 2.17. The van der Waals surface area contributed by atoms with Gasteiger partial charge in [-0.25, -0.2) is 9.55 Å². The molecule has 6 nitrogen and oxygen atoms in total. The fourth-order valence-electron chi connectivity index (χ4n) is 1.72. The van der Waals surface area contributed by atoms with E-state index < -0.39 is 4.92 Å². The summed E-state index contributed by atoms with van der Waals surface area (Å²) in [7, 11) is 0. The van der Waals surface area contributed by atoms with Crippen LogP contribution in [0.5, 0.6) is 0 Å². The minimum atomic E-state index is -0.511. The Morgan fingerprint density at radius 3 is 2.68 bits per heavy atom. The minimum Gasteiger partial charge on any atom is -0.392 e. The molecule has 0 spiro atoms. The Kier molecular flexibility index (Phi) is 4.04. The second kappa shape index (κ2) is 5.92. The van der Waals surface area contributed by atoms with Crippen LogP contribution < -0.4 is 0 Å². The van der Waals surface area contributed by atoms with E-state index in [2.05, 4.69) is 4.98 Å². The van der Waals surface area contributed by atoms with Gasteiger partial charge in [0.15, 0.2) is 0 Å². The standard InChI is InChI=1S/C13H13N3O3/c17-9-8-15-12(14-10-13(15)16(18)19)7-6-11-4-2-1-3-5-11/h1-7,10,17H,8-9H2. The smallest absolute Gasteiger partial charge is 0.343 e. The first-order chi connectivity index (χ1) is 9.22. The van der Waals surface area contributed by atoms with E-state index in [0.717, 1.165) is 5.56 Å². The lowest BCUT2D eigenvalue weighted by molar-refractivity contribution is -0.392. The van der Waals surface area contributed by atoms with Gasteiger partial charge in [0, 0.05) is 6.08 Å². The van der Waals surface area contributed by atoms with E-state index >= 15 is 0 Å². The molecule has 0 amide bonds. The molecule has 0 aliphatic heterocycles.